The van der Waals surface area contributed by atoms with Crippen LogP contribution in [-0.2, 0) is 18.3 Å². The van der Waals surface area contributed by atoms with Crippen molar-refractivity contribution in [2.24, 2.45) is 7.05 Å². The Morgan fingerprint density at radius 3 is 2.82 bits per heavy atom. The Hall–Kier alpha value is -1.36. The molecule has 5 nitrogen and oxygen atoms in total. The van der Waals surface area contributed by atoms with E-state index in [-0.39, 0.29) is 0 Å². The lowest BCUT2D eigenvalue weighted by Crippen LogP contribution is -2.50. The van der Waals surface area contributed by atoms with Crippen LogP contribution >= 0.6 is 0 Å². The number of nitrogens with one attached hydrogen (secondary N) is 1. The summed E-state index contributed by atoms with van der Waals surface area (Å²) in [6.45, 7) is 4.37. The molecule has 0 saturated carbocycles. The van der Waals surface area contributed by atoms with Crippen LogP contribution in [0.5, 0.6) is 0 Å². The Morgan fingerprint density at radius 1 is 1.65 bits per heavy atom. The Kier molecular flexibility index (Phi) is 4.69. The predicted molar refractivity (Wildman–Crippen MR) is 65.9 cm³/mol. The van der Waals surface area contributed by atoms with Gasteiger partial charge < -0.3 is 10.4 Å². The second kappa shape index (κ2) is 5.82. The zero-order valence-corrected chi connectivity index (χ0v) is 10.7. The second-order valence-corrected chi connectivity index (χ2v) is 4.51. The highest BCUT2D eigenvalue weighted by Gasteiger charge is 2.30. The van der Waals surface area contributed by atoms with Crippen LogP contribution in [0.15, 0.2) is 12.3 Å². The number of nitrogens with zero attached hydrogens (tertiary/aromatic N) is 2. The normalized spacial score (nSPS) is 14.5. The van der Waals surface area contributed by atoms with Crippen molar-refractivity contribution in [2.75, 3.05) is 6.54 Å². The molecule has 1 atom stereocenters. The van der Waals surface area contributed by atoms with Gasteiger partial charge in [-0.2, -0.15) is 5.10 Å². The van der Waals surface area contributed by atoms with Crippen LogP contribution in [0, 0.1) is 0 Å². The fourth-order valence-electron chi connectivity index (χ4n) is 1.88. The van der Waals surface area contributed by atoms with Crippen LogP contribution < -0.4 is 5.32 Å². The van der Waals surface area contributed by atoms with Crippen molar-refractivity contribution in [3.05, 3.63) is 18.0 Å². The van der Waals surface area contributed by atoms with E-state index in [9.17, 15) is 9.90 Å². The summed E-state index contributed by atoms with van der Waals surface area (Å²) in [7, 11) is 1.89. The largest absolute Gasteiger partial charge is 0.480 e. The minimum Gasteiger partial charge on any atom is -0.480 e. The monoisotopic (exact) mass is 239 g/mol. The van der Waals surface area contributed by atoms with Gasteiger partial charge in [0.15, 0.2) is 0 Å². The summed E-state index contributed by atoms with van der Waals surface area (Å²) in [5.41, 5.74) is 0.273. The lowest BCUT2D eigenvalue weighted by Gasteiger charge is -2.25. The Balaban J connectivity index is 2.48. The summed E-state index contributed by atoms with van der Waals surface area (Å²) in [4.78, 5) is 11.2. The molecule has 1 rings (SSSR count). The summed E-state index contributed by atoms with van der Waals surface area (Å²) in [6, 6.07) is 1.94. The van der Waals surface area contributed by atoms with E-state index < -0.39 is 11.5 Å². The molecule has 1 aromatic rings. The zero-order chi connectivity index (χ0) is 12.9. The molecular weight excluding hydrogens is 218 g/mol. The van der Waals surface area contributed by atoms with E-state index >= 15 is 0 Å². The lowest BCUT2D eigenvalue weighted by atomic mass is 9.96. The SMILES string of the molecule is CCCC(C)(NCCc1ccnn1C)C(=O)O. The zero-order valence-electron chi connectivity index (χ0n) is 10.7. The maximum absolute atomic E-state index is 11.2. The van der Waals surface area contributed by atoms with Gasteiger partial charge in [0.25, 0.3) is 0 Å². The van der Waals surface area contributed by atoms with E-state index in [1.807, 2.05) is 20.0 Å². The molecule has 96 valence electrons. The lowest BCUT2D eigenvalue weighted by molar-refractivity contribution is -0.144. The fourth-order valence-corrected chi connectivity index (χ4v) is 1.88. The van der Waals surface area contributed by atoms with Gasteiger partial charge >= 0.3 is 5.97 Å². The van der Waals surface area contributed by atoms with Crippen molar-refractivity contribution < 1.29 is 9.90 Å². The van der Waals surface area contributed by atoms with Gasteiger partial charge in [0.2, 0.25) is 0 Å². The van der Waals surface area contributed by atoms with Crippen LogP contribution in [0.3, 0.4) is 0 Å². The fraction of sp³-hybridized carbons (Fsp3) is 0.667. The minimum atomic E-state index is -0.826. The molecule has 0 saturated heterocycles. The first-order valence-electron chi connectivity index (χ1n) is 5.95. The van der Waals surface area contributed by atoms with Crippen LogP contribution in [0.1, 0.15) is 32.4 Å². The molecule has 0 fully saturated rings. The molecule has 17 heavy (non-hydrogen) atoms. The highest BCUT2D eigenvalue weighted by molar-refractivity contribution is 5.78. The number of aliphatic carboxylic acids is 1. The van der Waals surface area contributed by atoms with Gasteiger partial charge in [0.1, 0.15) is 5.54 Å². The van der Waals surface area contributed by atoms with Gasteiger partial charge in [0.05, 0.1) is 0 Å². The average Bonchev–Trinajstić information content (AvgIpc) is 2.65. The van der Waals surface area contributed by atoms with Gasteiger partial charge in [-0.1, -0.05) is 13.3 Å². The molecule has 1 unspecified atom stereocenters. The van der Waals surface area contributed by atoms with Gasteiger partial charge in [-0.25, -0.2) is 0 Å². The van der Waals surface area contributed by atoms with E-state index in [0.717, 1.165) is 18.5 Å². The smallest absolute Gasteiger partial charge is 0.323 e. The first kappa shape index (κ1) is 13.7. The van der Waals surface area contributed by atoms with E-state index in [2.05, 4.69) is 10.4 Å². The van der Waals surface area contributed by atoms with E-state index in [0.29, 0.717) is 13.0 Å². The standard InChI is InChI=1S/C12H21N3O2/c1-4-7-12(2,11(16)17)13-8-5-10-6-9-14-15(10)3/h6,9,13H,4-5,7-8H2,1-3H3,(H,16,17). The molecule has 0 spiro atoms. The maximum atomic E-state index is 11.2. The first-order valence-corrected chi connectivity index (χ1v) is 5.95. The van der Waals surface area contributed by atoms with Crippen LogP contribution in [0.25, 0.3) is 0 Å². The molecule has 0 radical (unpaired) electrons. The molecule has 0 aliphatic rings. The second-order valence-electron chi connectivity index (χ2n) is 4.51. The third-order valence-corrected chi connectivity index (χ3v) is 3.04. The summed E-state index contributed by atoms with van der Waals surface area (Å²) in [6.07, 6.45) is 4.01. The molecular formula is C12H21N3O2. The molecule has 0 amide bonds. The molecule has 2 N–H and O–H groups in total. The van der Waals surface area contributed by atoms with Crippen molar-refractivity contribution in [3.8, 4) is 0 Å². The number of carboxylic acid groups (broad SMARTS) is 1. The number of hydrogen-bond donors (Lipinski definition) is 2. The molecule has 0 aromatic carbocycles. The minimum absolute atomic E-state index is 0.633. The Morgan fingerprint density at radius 2 is 2.35 bits per heavy atom. The quantitative estimate of drug-likeness (QED) is 0.750. The average molecular weight is 239 g/mol. The third-order valence-electron chi connectivity index (χ3n) is 3.04. The van der Waals surface area contributed by atoms with Crippen LogP contribution in [-0.4, -0.2) is 32.9 Å². The van der Waals surface area contributed by atoms with Crippen molar-refractivity contribution in [1.29, 1.82) is 0 Å². The summed E-state index contributed by atoms with van der Waals surface area (Å²) < 4.78 is 1.81. The van der Waals surface area contributed by atoms with Crippen molar-refractivity contribution in [1.82, 2.24) is 15.1 Å². The van der Waals surface area contributed by atoms with Gasteiger partial charge in [0, 0.05) is 31.9 Å². The molecule has 0 aliphatic carbocycles. The summed E-state index contributed by atoms with van der Waals surface area (Å²) in [5.74, 6) is -0.788. The van der Waals surface area contributed by atoms with Gasteiger partial charge in [-0.15, -0.1) is 0 Å². The van der Waals surface area contributed by atoms with Crippen molar-refractivity contribution >= 4 is 5.97 Å². The van der Waals surface area contributed by atoms with Crippen LogP contribution in [0.4, 0.5) is 0 Å². The topological polar surface area (TPSA) is 67.2 Å². The van der Waals surface area contributed by atoms with Gasteiger partial charge in [-0.3, -0.25) is 9.48 Å². The number of rotatable bonds is 7. The number of aromatic nitrogens is 2. The highest BCUT2D eigenvalue weighted by Crippen LogP contribution is 2.12. The molecule has 1 heterocycles. The molecule has 1 aromatic heterocycles. The highest BCUT2D eigenvalue weighted by atomic mass is 16.4. The Bertz CT molecular complexity index is 376. The molecule has 0 aliphatic heterocycles. The summed E-state index contributed by atoms with van der Waals surface area (Å²) >= 11 is 0. The molecule has 0 bridgehead atoms. The maximum Gasteiger partial charge on any atom is 0.323 e. The number of aryl methyl sites for hydroxylation is 1. The Labute approximate surface area is 102 Å². The van der Waals surface area contributed by atoms with Crippen molar-refractivity contribution in [2.45, 2.75) is 38.6 Å². The first-order chi connectivity index (χ1) is 7.99. The number of carbonyl (C=O) groups is 1. The van der Waals surface area contributed by atoms with Crippen molar-refractivity contribution in [3.63, 3.8) is 0 Å². The predicted octanol–water partition coefficient (Wildman–Crippen LogP) is 1.20. The van der Waals surface area contributed by atoms with E-state index in [1.165, 1.54) is 0 Å². The number of hydrogen-bond acceptors (Lipinski definition) is 3. The van der Waals surface area contributed by atoms with E-state index in [1.54, 1.807) is 17.8 Å². The van der Waals surface area contributed by atoms with Gasteiger partial charge in [-0.05, 0) is 19.4 Å². The third kappa shape index (κ3) is 3.56. The number of carboxylic acids is 1. The van der Waals surface area contributed by atoms with E-state index in [4.69, 9.17) is 0 Å². The summed E-state index contributed by atoms with van der Waals surface area (Å²) in [5, 5.41) is 16.4. The molecule has 5 heteroatoms. The van der Waals surface area contributed by atoms with Crippen LogP contribution in [0.2, 0.25) is 0 Å².